The lowest BCUT2D eigenvalue weighted by Crippen LogP contribution is -2.20. The molecule has 1 aliphatic rings. The molecule has 5 rings (SSSR count). The third-order valence-corrected chi connectivity index (χ3v) is 12.1. The summed E-state index contributed by atoms with van der Waals surface area (Å²) in [4.78, 5) is 16.8. The monoisotopic (exact) mass is 589 g/mol. The van der Waals surface area contributed by atoms with Crippen LogP contribution in [-0.2, 0) is 29.7 Å². The van der Waals surface area contributed by atoms with Crippen molar-refractivity contribution in [3.63, 3.8) is 0 Å². The molecule has 14 heteroatoms. The first-order valence-electron chi connectivity index (χ1n) is 11.0. The van der Waals surface area contributed by atoms with Crippen molar-refractivity contribution in [1.82, 2.24) is 4.98 Å². The number of carbonyl (C=O) groups excluding carboxylic acids is 1. The normalized spacial score (nSPS) is 16.5. The minimum absolute atomic E-state index is 0.0496. The summed E-state index contributed by atoms with van der Waals surface area (Å²) in [5, 5.41) is 2.96. The van der Waals surface area contributed by atoms with Crippen molar-refractivity contribution in [2.24, 2.45) is 0 Å². The zero-order valence-corrected chi connectivity index (χ0v) is 22.6. The Hall–Kier alpha value is -3.59. The smallest absolute Gasteiger partial charge is 0.263 e. The molecule has 10 nitrogen and oxygen atoms in total. The van der Waals surface area contributed by atoms with Gasteiger partial charge in [-0.1, -0.05) is 24.3 Å². The van der Waals surface area contributed by atoms with E-state index in [1.165, 1.54) is 72.9 Å². The van der Waals surface area contributed by atoms with E-state index in [0.717, 1.165) is 11.3 Å². The predicted molar refractivity (Wildman–Crippen MR) is 142 cm³/mol. The molecule has 1 aromatic heterocycles. The van der Waals surface area contributed by atoms with Crippen LogP contribution in [0.25, 0.3) is 0 Å². The average molecular weight is 590 g/mol. The highest BCUT2D eigenvalue weighted by atomic mass is 32.2. The highest BCUT2D eigenvalue weighted by Gasteiger charge is 2.45. The van der Waals surface area contributed by atoms with Crippen LogP contribution in [0.15, 0.2) is 99.1 Å². The zero-order chi connectivity index (χ0) is 27.1. The van der Waals surface area contributed by atoms with Crippen LogP contribution in [0.5, 0.6) is 0 Å². The van der Waals surface area contributed by atoms with E-state index in [4.69, 9.17) is 0 Å². The van der Waals surface area contributed by atoms with Crippen molar-refractivity contribution in [2.75, 3.05) is 15.8 Å². The van der Waals surface area contributed by atoms with Gasteiger partial charge in [0.15, 0.2) is 24.8 Å². The van der Waals surface area contributed by atoms with Gasteiger partial charge in [-0.05, 0) is 48.5 Å². The standard InChI is InChI=1S/C24H19N3O7S4/c28-23(26-16-9-11-18(12-10-16)38(33,34)27-24-25-13-14-35-24)19-7-4-8-20-22(19)21(15-36(20,29)30)37(31,32)17-5-2-1-3-6-17/h1-14,21H,15H2,(H,25,27)(H,26,28). The molecule has 1 amide bonds. The first kappa shape index (κ1) is 26.0. The summed E-state index contributed by atoms with van der Waals surface area (Å²) in [6.07, 6.45) is 1.46. The van der Waals surface area contributed by atoms with Crippen molar-refractivity contribution >= 4 is 57.8 Å². The van der Waals surface area contributed by atoms with Gasteiger partial charge >= 0.3 is 0 Å². The number of sulfone groups is 2. The number of thiazole rings is 1. The molecule has 0 aliphatic carbocycles. The maximum atomic E-state index is 13.4. The number of benzene rings is 3. The number of carbonyl (C=O) groups is 1. The minimum Gasteiger partial charge on any atom is -0.322 e. The van der Waals surface area contributed by atoms with Crippen LogP contribution < -0.4 is 10.0 Å². The summed E-state index contributed by atoms with van der Waals surface area (Å²) in [7, 11) is -12.0. The minimum atomic E-state index is -4.13. The van der Waals surface area contributed by atoms with Crippen LogP contribution in [0.4, 0.5) is 10.8 Å². The lowest BCUT2D eigenvalue weighted by molar-refractivity contribution is 0.102. The predicted octanol–water partition coefficient (Wildman–Crippen LogP) is 3.50. The summed E-state index contributed by atoms with van der Waals surface area (Å²) in [6, 6.07) is 16.8. The van der Waals surface area contributed by atoms with Gasteiger partial charge in [0.05, 0.1) is 20.4 Å². The van der Waals surface area contributed by atoms with Crippen LogP contribution in [0.1, 0.15) is 21.2 Å². The second-order valence-corrected chi connectivity index (χ2v) is 15.0. The van der Waals surface area contributed by atoms with Crippen molar-refractivity contribution in [1.29, 1.82) is 0 Å². The van der Waals surface area contributed by atoms with Gasteiger partial charge < -0.3 is 5.32 Å². The fraction of sp³-hybridized carbons (Fsp3) is 0.0833. The highest BCUT2D eigenvalue weighted by Crippen LogP contribution is 2.43. The molecule has 38 heavy (non-hydrogen) atoms. The number of hydrogen-bond donors (Lipinski definition) is 2. The van der Waals surface area contributed by atoms with E-state index in [-0.39, 0.29) is 36.6 Å². The van der Waals surface area contributed by atoms with Gasteiger partial charge in [-0.3, -0.25) is 9.52 Å². The zero-order valence-electron chi connectivity index (χ0n) is 19.3. The summed E-state index contributed by atoms with van der Waals surface area (Å²) in [5.41, 5.74) is 0.0417. The number of nitrogens with zero attached hydrogens (tertiary/aromatic N) is 1. The first-order valence-corrected chi connectivity index (χ1v) is 16.5. The second kappa shape index (κ2) is 9.62. The van der Waals surface area contributed by atoms with Gasteiger partial charge in [-0.15, -0.1) is 11.3 Å². The fourth-order valence-electron chi connectivity index (χ4n) is 4.10. The van der Waals surface area contributed by atoms with Crippen molar-refractivity contribution in [2.45, 2.75) is 19.9 Å². The number of rotatable bonds is 7. The molecule has 0 saturated heterocycles. The molecule has 0 saturated carbocycles. The quantitative estimate of drug-likeness (QED) is 0.332. The molecule has 1 unspecified atom stereocenters. The third kappa shape index (κ3) is 4.82. The highest BCUT2D eigenvalue weighted by molar-refractivity contribution is 7.96. The van der Waals surface area contributed by atoms with Gasteiger partial charge in [-0.2, -0.15) is 0 Å². The summed E-state index contributed by atoms with van der Waals surface area (Å²) in [6.45, 7) is 0. The van der Waals surface area contributed by atoms with Gasteiger partial charge in [0.2, 0.25) is 0 Å². The van der Waals surface area contributed by atoms with E-state index in [0.29, 0.717) is 0 Å². The van der Waals surface area contributed by atoms with Crippen LogP contribution in [-0.4, -0.2) is 41.9 Å². The number of amides is 1. The molecule has 196 valence electrons. The number of hydrogen-bond acceptors (Lipinski definition) is 9. The van der Waals surface area contributed by atoms with Crippen LogP contribution in [0.2, 0.25) is 0 Å². The van der Waals surface area contributed by atoms with Gasteiger partial charge in [-0.25, -0.2) is 30.2 Å². The molecular weight excluding hydrogens is 571 g/mol. The Bertz CT molecular complexity index is 1840. The molecule has 0 radical (unpaired) electrons. The number of anilines is 2. The van der Waals surface area contributed by atoms with Crippen LogP contribution in [0, 0.1) is 0 Å². The van der Waals surface area contributed by atoms with E-state index >= 15 is 0 Å². The molecule has 2 N–H and O–H groups in total. The lowest BCUT2D eigenvalue weighted by atomic mass is 10.0. The number of fused-ring (bicyclic) bond motifs is 1. The molecule has 3 aromatic carbocycles. The van der Waals surface area contributed by atoms with E-state index < -0.39 is 46.6 Å². The first-order chi connectivity index (χ1) is 18.0. The SMILES string of the molecule is O=C(Nc1ccc(S(=O)(=O)Nc2nccs2)cc1)c1cccc2c1C(S(=O)(=O)c1ccccc1)CS2(=O)=O. The van der Waals surface area contributed by atoms with Crippen molar-refractivity contribution < 1.29 is 30.0 Å². The van der Waals surface area contributed by atoms with Gasteiger partial charge in [0.1, 0.15) is 5.25 Å². The molecule has 0 spiro atoms. The summed E-state index contributed by atoms with van der Waals surface area (Å²) < 4.78 is 80.0. The topological polar surface area (TPSA) is 156 Å². The average Bonchev–Trinajstić information content (AvgIpc) is 3.50. The Morgan fingerprint density at radius 3 is 2.26 bits per heavy atom. The van der Waals surface area contributed by atoms with E-state index in [9.17, 15) is 30.0 Å². The Balaban J connectivity index is 1.45. The molecule has 2 heterocycles. The molecule has 1 atom stereocenters. The van der Waals surface area contributed by atoms with Gasteiger partial charge in [0, 0.05) is 28.4 Å². The Morgan fingerprint density at radius 1 is 0.895 bits per heavy atom. The van der Waals surface area contributed by atoms with Crippen LogP contribution in [0.3, 0.4) is 0 Å². The summed E-state index contributed by atoms with van der Waals surface area (Å²) in [5.74, 6) is -1.41. The Labute approximate surface area is 223 Å². The number of nitrogens with one attached hydrogen (secondary N) is 2. The molecule has 0 bridgehead atoms. The fourth-order valence-corrected chi connectivity index (χ4v) is 10.3. The molecule has 1 aliphatic heterocycles. The van der Waals surface area contributed by atoms with E-state index in [2.05, 4.69) is 15.0 Å². The van der Waals surface area contributed by atoms with Crippen molar-refractivity contribution in [3.05, 3.63) is 95.5 Å². The largest absolute Gasteiger partial charge is 0.322 e. The van der Waals surface area contributed by atoms with Crippen molar-refractivity contribution in [3.8, 4) is 0 Å². The maximum Gasteiger partial charge on any atom is 0.263 e. The number of sulfonamides is 1. The number of aromatic nitrogens is 1. The Morgan fingerprint density at radius 2 is 1.61 bits per heavy atom. The second-order valence-electron chi connectivity index (χ2n) is 8.27. The van der Waals surface area contributed by atoms with E-state index in [1.807, 2.05) is 0 Å². The Kier molecular flexibility index (Phi) is 6.59. The van der Waals surface area contributed by atoms with Crippen LogP contribution >= 0.6 is 11.3 Å². The third-order valence-electron chi connectivity index (χ3n) is 5.86. The maximum absolute atomic E-state index is 13.4. The van der Waals surface area contributed by atoms with E-state index in [1.54, 1.807) is 11.4 Å². The lowest BCUT2D eigenvalue weighted by Gasteiger charge is -2.16. The molecular formula is C24H19N3O7S4. The molecule has 0 fully saturated rings. The van der Waals surface area contributed by atoms with Gasteiger partial charge in [0.25, 0.3) is 15.9 Å². The summed E-state index contributed by atoms with van der Waals surface area (Å²) >= 11 is 1.12. The molecule has 4 aromatic rings.